The molecule has 0 radical (unpaired) electrons. The molecule has 0 heterocycles. The molecule has 4 nitrogen and oxygen atoms in total. The third-order valence-corrected chi connectivity index (χ3v) is 5.21. The second kappa shape index (κ2) is 5.58. The van der Waals surface area contributed by atoms with Crippen LogP contribution in [0.2, 0.25) is 5.02 Å². The zero-order chi connectivity index (χ0) is 15.8. The van der Waals surface area contributed by atoms with Crippen LogP contribution in [-0.4, -0.2) is 8.42 Å². The number of aryl methyl sites for hydroxylation is 3. The molecule has 0 aliphatic carbocycles. The number of nitrogens with two attached hydrogens (primary N) is 1. The van der Waals surface area contributed by atoms with Gasteiger partial charge < -0.3 is 5.73 Å². The van der Waals surface area contributed by atoms with Crippen molar-refractivity contribution in [1.82, 2.24) is 0 Å². The number of benzene rings is 2. The fourth-order valence-corrected chi connectivity index (χ4v) is 4.02. The molecule has 0 bridgehead atoms. The van der Waals surface area contributed by atoms with Gasteiger partial charge in [0.25, 0.3) is 10.0 Å². The average Bonchev–Trinajstić information content (AvgIpc) is 2.39. The van der Waals surface area contributed by atoms with Gasteiger partial charge >= 0.3 is 0 Å². The number of anilines is 2. The molecule has 21 heavy (non-hydrogen) atoms. The molecule has 2 rings (SSSR count). The second-order valence-corrected chi connectivity index (χ2v) is 7.01. The van der Waals surface area contributed by atoms with Crippen molar-refractivity contribution in [3.05, 3.63) is 52.0 Å². The number of nitrogen functional groups attached to an aromatic ring is 1. The van der Waals surface area contributed by atoms with Gasteiger partial charge in [0.1, 0.15) is 4.90 Å². The van der Waals surface area contributed by atoms with Crippen LogP contribution in [0, 0.1) is 20.8 Å². The van der Waals surface area contributed by atoms with E-state index in [-0.39, 0.29) is 10.6 Å². The monoisotopic (exact) mass is 324 g/mol. The summed E-state index contributed by atoms with van der Waals surface area (Å²) in [6, 6.07) is 8.72. The summed E-state index contributed by atoms with van der Waals surface area (Å²) in [5, 5.41) is 0.349. The number of rotatable bonds is 3. The predicted molar refractivity (Wildman–Crippen MR) is 87.3 cm³/mol. The van der Waals surface area contributed by atoms with Gasteiger partial charge in [0.05, 0.1) is 16.4 Å². The number of hydrogen-bond donors (Lipinski definition) is 2. The fourth-order valence-electron chi connectivity index (χ4n) is 2.11. The van der Waals surface area contributed by atoms with E-state index < -0.39 is 10.0 Å². The van der Waals surface area contributed by atoms with Crippen LogP contribution in [0.1, 0.15) is 16.7 Å². The Morgan fingerprint density at radius 3 is 2.24 bits per heavy atom. The van der Waals surface area contributed by atoms with Crippen molar-refractivity contribution >= 4 is 33.0 Å². The van der Waals surface area contributed by atoms with Crippen molar-refractivity contribution in [2.45, 2.75) is 25.7 Å². The molecule has 0 aromatic heterocycles. The SMILES string of the molecule is Cc1ccc(C)c(S(=O)(=O)Nc2c(C)cccc2Cl)c1N. The second-order valence-electron chi connectivity index (χ2n) is 4.98. The molecule has 0 fully saturated rings. The number of sulfonamides is 1. The Balaban J connectivity index is 2.57. The minimum atomic E-state index is -3.80. The number of nitrogens with one attached hydrogen (secondary N) is 1. The molecule has 0 saturated heterocycles. The summed E-state index contributed by atoms with van der Waals surface area (Å²) in [6.45, 7) is 5.27. The number of halogens is 1. The van der Waals surface area contributed by atoms with Crippen LogP contribution in [-0.2, 0) is 10.0 Å². The van der Waals surface area contributed by atoms with Crippen molar-refractivity contribution in [3.63, 3.8) is 0 Å². The van der Waals surface area contributed by atoms with Gasteiger partial charge in [0.15, 0.2) is 0 Å². The molecule has 0 aliphatic heterocycles. The minimum Gasteiger partial charge on any atom is -0.397 e. The van der Waals surface area contributed by atoms with E-state index in [0.29, 0.717) is 16.3 Å². The zero-order valence-electron chi connectivity index (χ0n) is 12.1. The molecule has 0 unspecified atom stereocenters. The van der Waals surface area contributed by atoms with Crippen molar-refractivity contribution in [3.8, 4) is 0 Å². The predicted octanol–water partition coefficient (Wildman–Crippen LogP) is 3.65. The summed E-state index contributed by atoms with van der Waals surface area (Å²) < 4.78 is 27.8. The Labute approximate surface area is 130 Å². The molecule has 3 N–H and O–H groups in total. The highest BCUT2D eigenvalue weighted by Gasteiger charge is 2.22. The van der Waals surface area contributed by atoms with E-state index >= 15 is 0 Å². The lowest BCUT2D eigenvalue weighted by molar-refractivity contribution is 0.601. The van der Waals surface area contributed by atoms with E-state index in [4.69, 9.17) is 17.3 Å². The number of hydrogen-bond acceptors (Lipinski definition) is 3. The van der Waals surface area contributed by atoms with Crippen LogP contribution in [0.4, 0.5) is 11.4 Å². The summed E-state index contributed by atoms with van der Waals surface area (Å²) in [4.78, 5) is 0.0989. The summed E-state index contributed by atoms with van der Waals surface area (Å²) in [5.74, 6) is 0. The minimum absolute atomic E-state index is 0.0989. The fraction of sp³-hybridized carbons (Fsp3) is 0.200. The van der Waals surface area contributed by atoms with E-state index in [1.165, 1.54) is 0 Å². The van der Waals surface area contributed by atoms with Crippen LogP contribution in [0.5, 0.6) is 0 Å². The zero-order valence-corrected chi connectivity index (χ0v) is 13.6. The first-order valence-corrected chi connectivity index (χ1v) is 8.24. The van der Waals surface area contributed by atoms with Crippen LogP contribution in [0.15, 0.2) is 35.2 Å². The van der Waals surface area contributed by atoms with Crippen molar-refractivity contribution in [2.75, 3.05) is 10.5 Å². The van der Waals surface area contributed by atoms with Crippen molar-refractivity contribution in [2.24, 2.45) is 0 Å². The van der Waals surface area contributed by atoms with Crippen molar-refractivity contribution in [1.29, 1.82) is 0 Å². The van der Waals surface area contributed by atoms with E-state index in [9.17, 15) is 8.42 Å². The Morgan fingerprint density at radius 1 is 1.00 bits per heavy atom. The summed E-state index contributed by atoms with van der Waals surface area (Å²) in [7, 11) is -3.80. The lowest BCUT2D eigenvalue weighted by Crippen LogP contribution is -2.17. The van der Waals surface area contributed by atoms with E-state index in [0.717, 1.165) is 11.1 Å². The molecule has 2 aromatic rings. The first kappa shape index (κ1) is 15.7. The van der Waals surface area contributed by atoms with E-state index in [2.05, 4.69) is 4.72 Å². The molecule has 2 aromatic carbocycles. The lowest BCUT2D eigenvalue weighted by Gasteiger charge is -2.16. The Bertz CT molecular complexity index is 781. The summed E-state index contributed by atoms with van der Waals surface area (Å²) in [6.07, 6.45) is 0. The maximum atomic E-state index is 12.7. The molecule has 112 valence electrons. The topological polar surface area (TPSA) is 72.2 Å². The Kier molecular flexibility index (Phi) is 4.16. The maximum absolute atomic E-state index is 12.7. The highest BCUT2D eigenvalue weighted by atomic mass is 35.5. The standard InChI is InChI=1S/C15H17ClN2O2S/c1-9-7-8-11(3)15(13(9)17)21(19,20)18-14-10(2)5-4-6-12(14)16/h4-8,18H,17H2,1-3H3. The van der Waals surface area contributed by atoms with Gasteiger partial charge in [0, 0.05) is 0 Å². The lowest BCUT2D eigenvalue weighted by atomic mass is 10.1. The van der Waals surface area contributed by atoms with Crippen LogP contribution >= 0.6 is 11.6 Å². The normalized spacial score (nSPS) is 11.4. The van der Waals surface area contributed by atoms with E-state index in [1.807, 2.05) is 0 Å². The molecule has 0 saturated carbocycles. The average molecular weight is 325 g/mol. The van der Waals surface area contributed by atoms with Gasteiger partial charge in [0.2, 0.25) is 0 Å². The van der Waals surface area contributed by atoms with Crippen LogP contribution in [0.3, 0.4) is 0 Å². The Hall–Kier alpha value is -1.72. The molecule has 0 aliphatic rings. The molecular weight excluding hydrogens is 308 g/mol. The Morgan fingerprint density at radius 2 is 1.62 bits per heavy atom. The maximum Gasteiger partial charge on any atom is 0.264 e. The molecular formula is C15H17ClN2O2S. The van der Waals surface area contributed by atoms with E-state index in [1.54, 1.807) is 51.1 Å². The van der Waals surface area contributed by atoms with Gasteiger partial charge in [-0.25, -0.2) is 8.42 Å². The van der Waals surface area contributed by atoms with Gasteiger partial charge in [-0.1, -0.05) is 35.9 Å². The smallest absolute Gasteiger partial charge is 0.264 e. The first-order chi connectivity index (χ1) is 9.74. The highest BCUT2D eigenvalue weighted by molar-refractivity contribution is 7.93. The van der Waals surface area contributed by atoms with Crippen LogP contribution in [0.25, 0.3) is 0 Å². The highest BCUT2D eigenvalue weighted by Crippen LogP contribution is 2.31. The first-order valence-electron chi connectivity index (χ1n) is 6.37. The quantitative estimate of drug-likeness (QED) is 0.846. The largest absolute Gasteiger partial charge is 0.397 e. The summed E-state index contributed by atoms with van der Waals surface area (Å²) in [5.41, 5.74) is 8.64. The third-order valence-electron chi connectivity index (χ3n) is 3.34. The number of para-hydroxylation sites is 1. The van der Waals surface area contributed by atoms with Gasteiger partial charge in [-0.15, -0.1) is 0 Å². The molecule has 0 spiro atoms. The molecule has 0 amide bonds. The van der Waals surface area contributed by atoms with Gasteiger partial charge in [-0.2, -0.15) is 0 Å². The van der Waals surface area contributed by atoms with Crippen molar-refractivity contribution < 1.29 is 8.42 Å². The summed E-state index contributed by atoms with van der Waals surface area (Å²) >= 11 is 6.08. The molecule has 6 heteroatoms. The van der Waals surface area contributed by atoms with Gasteiger partial charge in [-0.3, -0.25) is 4.72 Å². The third kappa shape index (κ3) is 2.99. The molecule has 0 atom stereocenters. The van der Waals surface area contributed by atoms with Crippen LogP contribution < -0.4 is 10.5 Å². The van der Waals surface area contributed by atoms with Gasteiger partial charge in [-0.05, 0) is 43.5 Å².